The van der Waals surface area contributed by atoms with E-state index in [0.29, 0.717) is 0 Å². The van der Waals surface area contributed by atoms with Gasteiger partial charge in [-0.3, -0.25) is 4.90 Å². The fourth-order valence-corrected chi connectivity index (χ4v) is 4.72. The molecule has 5 atom stereocenters. The summed E-state index contributed by atoms with van der Waals surface area (Å²) in [6.07, 6.45) is 2.78. The van der Waals surface area contributed by atoms with Gasteiger partial charge in [-0.2, -0.15) is 0 Å². The number of rotatable bonds is 5. The maximum absolute atomic E-state index is 3.78. The van der Waals surface area contributed by atoms with Crippen molar-refractivity contribution in [1.29, 1.82) is 0 Å². The molecular weight excluding hydrogens is 258 g/mol. The van der Waals surface area contributed by atoms with E-state index in [1.165, 1.54) is 45.6 Å². The topological polar surface area (TPSA) is 18.5 Å². The van der Waals surface area contributed by atoms with Crippen molar-refractivity contribution < 1.29 is 0 Å². The number of likely N-dealkylation sites (N-methyl/N-ethyl adjacent to an activating group) is 1. The average molecular weight is 296 g/mol. The van der Waals surface area contributed by atoms with E-state index < -0.39 is 0 Å². The summed E-state index contributed by atoms with van der Waals surface area (Å²) in [5.74, 6) is 2.58. The van der Waals surface area contributed by atoms with Gasteiger partial charge in [0.25, 0.3) is 0 Å². The molecule has 0 spiro atoms. The highest BCUT2D eigenvalue weighted by Crippen LogP contribution is 2.34. The van der Waals surface area contributed by atoms with E-state index in [1.807, 2.05) is 0 Å². The minimum atomic E-state index is 0.721. The molecule has 1 saturated heterocycles. The van der Waals surface area contributed by atoms with Gasteiger partial charge in [0.15, 0.2) is 0 Å². The Hall–Kier alpha value is -0.120. The van der Waals surface area contributed by atoms with Crippen LogP contribution in [0.15, 0.2) is 0 Å². The summed E-state index contributed by atoms with van der Waals surface area (Å²) >= 11 is 0. The van der Waals surface area contributed by atoms with E-state index in [2.05, 4.69) is 49.7 Å². The van der Waals surface area contributed by atoms with Crippen molar-refractivity contribution in [1.82, 2.24) is 15.1 Å². The number of nitrogens with zero attached hydrogens (tertiary/aromatic N) is 2. The van der Waals surface area contributed by atoms with Crippen LogP contribution in [0.5, 0.6) is 0 Å². The molecule has 0 aromatic heterocycles. The van der Waals surface area contributed by atoms with E-state index >= 15 is 0 Å². The summed E-state index contributed by atoms with van der Waals surface area (Å²) in [5, 5.41) is 3.78. The first kappa shape index (κ1) is 17.2. The fourth-order valence-electron chi connectivity index (χ4n) is 4.72. The van der Waals surface area contributed by atoms with Gasteiger partial charge < -0.3 is 10.2 Å². The summed E-state index contributed by atoms with van der Waals surface area (Å²) in [4.78, 5) is 5.35. The molecule has 2 fully saturated rings. The normalized spacial score (nSPS) is 39.6. The van der Waals surface area contributed by atoms with Gasteiger partial charge in [-0.1, -0.05) is 27.7 Å². The lowest BCUT2D eigenvalue weighted by molar-refractivity contribution is 0.0460. The lowest BCUT2D eigenvalue weighted by Gasteiger charge is -2.45. The summed E-state index contributed by atoms with van der Waals surface area (Å²) < 4.78 is 0. The van der Waals surface area contributed by atoms with Crippen LogP contribution in [0.4, 0.5) is 0 Å². The fraction of sp³-hybridized carbons (Fsp3) is 1.00. The zero-order chi connectivity index (χ0) is 15.4. The molecule has 1 heterocycles. The smallest absolute Gasteiger partial charge is 0.0195 e. The van der Waals surface area contributed by atoms with Crippen LogP contribution in [-0.2, 0) is 0 Å². The molecule has 0 aromatic carbocycles. The Kier molecular flexibility index (Phi) is 6.51. The molecular formula is C18H37N3. The molecule has 2 rings (SSSR count). The Morgan fingerprint density at radius 3 is 2.43 bits per heavy atom. The molecule has 0 amide bonds. The minimum Gasteiger partial charge on any atom is -0.314 e. The van der Waals surface area contributed by atoms with Crippen LogP contribution >= 0.6 is 0 Å². The minimum absolute atomic E-state index is 0.721. The van der Waals surface area contributed by atoms with Gasteiger partial charge in [-0.25, -0.2) is 0 Å². The molecule has 0 radical (unpaired) electrons. The van der Waals surface area contributed by atoms with Crippen LogP contribution in [0.2, 0.25) is 0 Å². The highest BCUT2D eigenvalue weighted by Gasteiger charge is 2.35. The van der Waals surface area contributed by atoms with Gasteiger partial charge in [0.05, 0.1) is 0 Å². The van der Waals surface area contributed by atoms with E-state index in [0.717, 1.165) is 36.4 Å². The van der Waals surface area contributed by atoms with Crippen LogP contribution in [0, 0.1) is 17.8 Å². The van der Waals surface area contributed by atoms with Gasteiger partial charge in [0.1, 0.15) is 0 Å². The molecule has 1 N–H and O–H groups in total. The molecule has 2 aliphatic rings. The van der Waals surface area contributed by atoms with Gasteiger partial charge >= 0.3 is 0 Å². The molecule has 21 heavy (non-hydrogen) atoms. The van der Waals surface area contributed by atoms with Crippen molar-refractivity contribution in [2.24, 2.45) is 17.8 Å². The summed E-state index contributed by atoms with van der Waals surface area (Å²) in [6.45, 7) is 19.2. The van der Waals surface area contributed by atoms with Crippen molar-refractivity contribution in [3.05, 3.63) is 0 Å². The van der Waals surface area contributed by atoms with Crippen molar-refractivity contribution in [2.75, 3.05) is 39.3 Å². The van der Waals surface area contributed by atoms with Crippen molar-refractivity contribution in [2.45, 2.75) is 59.5 Å². The third-order valence-corrected chi connectivity index (χ3v) is 5.87. The summed E-state index contributed by atoms with van der Waals surface area (Å²) in [5.41, 5.74) is 0. The predicted molar refractivity (Wildman–Crippen MR) is 91.7 cm³/mol. The SMILES string of the molecule is CCNC1CC(C)CC(C)C1CN1CCN(CC)C(C)C1. The molecule has 124 valence electrons. The molecule has 0 aromatic rings. The number of piperazine rings is 1. The maximum Gasteiger partial charge on any atom is 0.0195 e. The molecule has 3 heteroatoms. The number of hydrogen-bond donors (Lipinski definition) is 1. The quantitative estimate of drug-likeness (QED) is 0.841. The van der Waals surface area contributed by atoms with Gasteiger partial charge in [0, 0.05) is 38.3 Å². The largest absolute Gasteiger partial charge is 0.314 e. The summed E-state index contributed by atoms with van der Waals surface area (Å²) in [6, 6.07) is 1.45. The Bertz CT molecular complexity index is 307. The molecule has 1 aliphatic heterocycles. The second-order valence-electron chi connectivity index (χ2n) is 7.62. The van der Waals surface area contributed by atoms with E-state index in [4.69, 9.17) is 0 Å². The zero-order valence-electron chi connectivity index (χ0n) is 14.9. The highest BCUT2D eigenvalue weighted by atomic mass is 15.3. The van der Waals surface area contributed by atoms with Gasteiger partial charge in [-0.15, -0.1) is 0 Å². The second-order valence-corrected chi connectivity index (χ2v) is 7.62. The zero-order valence-corrected chi connectivity index (χ0v) is 14.9. The van der Waals surface area contributed by atoms with Crippen LogP contribution < -0.4 is 5.32 Å². The Labute approximate surface area is 132 Å². The highest BCUT2D eigenvalue weighted by molar-refractivity contribution is 4.90. The van der Waals surface area contributed by atoms with E-state index in [-0.39, 0.29) is 0 Å². The average Bonchev–Trinajstić information content (AvgIpc) is 2.43. The third kappa shape index (κ3) is 4.43. The molecule has 0 bridgehead atoms. The first-order valence-corrected chi connectivity index (χ1v) is 9.24. The molecule has 5 unspecified atom stereocenters. The first-order chi connectivity index (χ1) is 10.0. The summed E-state index contributed by atoms with van der Waals surface area (Å²) in [7, 11) is 0. The Morgan fingerprint density at radius 1 is 1.05 bits per heavy atom. The third-order valence-electron chi connectivity index (χ3n) is 5.87. The molecule has 1 aliphatic carbocycles. The first-order valence-electron chi connectivity index (χ1n) is 9.24. The van der Waals surface area contributed by atoms with Crippen molar-refractivity contribution >= 4 is 0 Å². The Morgan fingerprint density at radius 2 is 1.81 bits per heavy atom. The maximum atomic E-state index is 3.78. The predicted octanol–water partition coefficient (Wildman–Crippen LogP) is 2.67. The molecule has 3 nitrogen and oxygen atoms in total. The van der Waals surface area contributed by atoms with Crippen LogP contribution in [0.1, 0.15) is 47.5 Å². The Balaban J connectivity index is 1.93. The van der Waals surface area contributed by atoms with Crippen LogP contribution in [0.3, 0.4) is 0 Å². The van der Waals surface area contributed by atoms with Gasteiger partial charge in [-0.05, 0) is 50.6 Å². The van der Waals surface area contributed by atoms with Crippen LogP contribution in [-0.4, -0.2) is 61.2 Å². The lowest BCUT2D eigenvalue weighted by atomic mass is 9.72. The number of nitrogens with one attached hydrogen (secondary N) is 1. The van der Waals surface area contributed by atoms with Crippen molar-refractivity contribution in [3.63, 3.8) is 0 Å². The van der Waals surface area contributed by atoms with Crippen molar-refractivity contribution in [3.8, 4) is 0 Å². The monoisotopic (exact) mass is 295 g/mol. The van der Waals surface area contributed by atoms with Crippen LogP contribution in [0.25, 0.3) is 0 Å². The standard InChI is InChI=1S/C18H37N3/c1-6-19-18-11-14(3)10-15(4)17(18)13-20-8-9-21(7-2)16(5)12-20/h14-19H,6-13H2,1-5H3. The molecule has 1 saturated carbocycles. The van der Waals surface area contributed by atoms with E-state index in [9.17, 15) is 0 Å². The second kappa shape index (κ2) is 7.94. The number of hydrogen-bond acceptors (Lipinski definition) is 3. The van der Waals surface area contributed by atoms with E-state index in [1.54, 1.807) is 0 Å². The van der Waals surface area contributed by atoms with Gasteiger partial charge in [0.2, 0.25) is 0 Å². The lowest BCUT2D eigenvalue weighted by Crippen LogP contribution is -2.55.